The Kier molecular flexibility index (Phi) is 6.92. The first-order valence-corrected chi connectivity index (χ1v) is 11.6. The molecule has 0 atom stereocenters. The smallest absolute Gasteiger partial charge is 0.192 e. The molecule has 0 saturated heterocycles. The van der Waals surface area contributed by atoms with Crippen LogP contribution >= 0.6 is 11.8 Å². The van der Waals surface area contributed by atoms with Crippen molar-refractivity contribution in [1.29, 1.82) is 0 Å². The van der Waals surface area contributed by atoms with Gasteiger partial charge in [0.25, 0.3) is 0 Å². The number of carbonyl (C=O) groups is 1. The van der Waals surface area contributed by atoms with Crippen LogP contribution in [0.1, 0.15) is 48.5 Å². The van der Waals surface area contributed by atoms with Gasteiger partial charge in [0.15, 0.2) is 16.8 Å². The minimum atomic E-state index is 0.0665. The molecular weight excluding hydrogens is 410 g/mol. The van der Waals surface area contributed by atoms with E-state index in [-0.39, 0.29) is 5.78 Å². The van der Waals surface area contributed by atoms with Crippen LogP contribution in [0.3, 0.4) is 0 Å². The highest BCUT2D eigenvalue weighted by Gasteiger charge is 2.24. The van der Waals surface area contributed by atoms with E-state index in [1.807, 2.05) is 36.4 Å². The zero-order valence-electron chi connectivity index (χ0n) is 17.9. The molecule has 4 rings (SSSR count). The lowest BCUT2D eigenvalue weighted by Gasteiger charge is -2.25. The van der Waals surface area contributed by atoms with Crippen LogP contribution < -0.4 is 9.47 Å². The molecule has 0 radical (unpaired) electrons. The number of thioether (sulfide) groups is 1. The van der Waals surface area contributed by atoms with Crippen molar-refractivity contribution in [2.24, 2.45) is 0 Å². The van der Waals surface area contributed by atoms with E-state index in [0.29, 0.717) is 17.4 Å². The summed E-state index contributed by atoms with van der Waals surface area (Å²) >= 11 is 1.46. The summed E-state index contributed by atoms with van der Waals surface area (Å²) in [6.07, 6.45) is 5.91. The molecule has 1 fully saturated rings. The number of rotatable bonds is 8. The topological polar surface area (TPSA) is 66.2 Å². The highest BCUT2D eigenvalue weighted by Crippen LogP contribution is 2.36. The van der Waals surface area contributed by atoms with Crippen molar-refractivity contribution in [3.63, 3.8) is 0 Å². The molecule has 6 nitrogen and oxygen atoms in total. The summed E-state index contributed by atoms with van der Waals surface area (Å²) in [7, 11) is 3.28. The highest BCUT2D eigenvalue weighted by molar-refractivity contribution is 7.99. The normalized spacial score (nSPS) is 14.4. The maximum absolute atomic E-state index is 12.7. The second-order valence-corrected chi connectivity index (χ2v) is 8.58. The summed E-state index contributed by atoms with van der Waals surface area (Å²) in [6.45, 7) is 0. The van der Waals surface area contributed by atoms with Crippen LogP contribution in [0.2, 0.25) is 0 Å². The SMILES string of the molecule is COc1ccc(C(=O)CSc2nnc(-c3ccc(OC)cc3)n2C2CCCCC2)cc1. The molecule has 1 saturated carbocycles. The van der Waals surface area contributed by atoms with Crippen LogP contribution in [0.15, 0.2) is 53.7 Å². The largest absolute Gasteiger partial charge is 0.497 e. The zero-order chi connectivity index (χ0) is 21.6. The highest BCUT2D eigenvalue weighted by atomic mass is 32.2. The van der Waals surface area contributed by atoms with E-state index in [1.165, 1.54) is 31.0 Å². The van der Waals surface area contributed by atoms with Gasteiger partial charge in [0.05, 0.1) is 20.0 Å². The standard InChI is InChI=1S/C24H27N3O3S/c1-29-20-12-8-17(9-13-20)22(28)16-31-24-26-25-23(18-10-14-21(30-2)15-11-18)27(24)19-6-4-3-5-7-19/h8-15,19H,3-7,16H2,1-2H3. The maximum Gasteiger partial charge on any atom is 0.192 e. The number of methoxy groups -OCH3 is 2. The third kappa shape index (κ3) is 4.93. The van der Waals surface area contributed by atoms with Gasteiger partial charge in [-0.25, -0.2) is 0 Å². The van der Waals surface area contributed by atoms with Crippen LogP contribution in [0.25, 0.3) is 11.4 Å². The molecule has 162 valence electrons. The van der Waals surface area contributed by atoms with Gasteiger partial charge in [-0.15, -0.1) is 10.2 Å². The van der Waals surface area contributed by atoms with Crippen molar-refractivity contribution in [3.05, 3.63) is 54.1 Å². The number of hydrogen-bond donors (Lipinski definition) is 0. The summed E-state index contributed by atoms with van der Waals surface area (Å²) in [6, 6.07) is 15.5. The van der Waals surface area contributed by atoms with Gasteiger partial charge in [-0.2, -0.15) is 0 Å². The third-order valence-corrected chi connectivity index (χ3v) is 6.64. The Labute approximate surface area is 187 Å². The van der Waals surface area contributed by atoms with E-state index >= 15 is 0 Å². The number of ether oxygens (including phenoxy) is 2. The summed E-state index contributed by atoms with van der Waals surface area (Å²) in [5.41, 5.74) is 1.68. The molecule has 1 aliphatic carbocycles. The van der Waals surface area contributed by atoms with Gasteiger partial charge in [-0.3, -0.25) is 9.36 Å². The predicted octanol–water partition coefficient (Wildman–Crippen LogP) is 5.44. The number of Topliss-reactive ketones (excluding diaryl/α,β-unsaturated/α-hetero) is 1. The van der Waals surface area contributed by atoms with Gasteiger partial charge in [-0.05, 0) is 61.4 Å². The van der Waals surface area contributed by atoms with Crippen molar-refractivity contribution < 1.29 is 14.3 Å². The molecule has 0 aliphatic heterocycles. The van der Waals surface area contributed by atoms with E-state index in [1.54, 1.807) is 26.4 Å². The Balaban J connectivity index is 1.57. The quantitative estimate of drug-likeness (QED) is 0.345. The Morgan fingerprint density at radius 3 is 2.16 bits per heavy atom. The monoisotopic (exact) mass is 437 g/mol. The van der Waals surface area contributed by atoms with E-state index in [0.717, 1.165) is 40.9 Å². The van der Waals surface area contributed by atoms with Crippen molar-refractivity contribution in [2.75, 3.05) is 20.0 Å². The molecule has 3 aromatic rings. The van der Waals surface area contributed by atoms with Crippen LogP contribution in [-0.4, -0.2) is 40.5 Å². The van der Waals surface area contributed by atoms with Gasteiger partial charge < -0.3 is 9.47 Å². The third-order valence-electron chi connectivity index (χ3n) is 5.70. The van der Waals surface area contributed by atoms with Crippen molar-refractivity contribution in [1.82, 2.24) is 14.8 Å². The Morgan fingerprint density at radius 1 is 0.935 bits per heavy atom. The lowest BCUT2D eigenvalue weighted by atomic mass is 9.95. The number of nitrogens with zero attached hydrogens (tertiary/aromatic N) is 3. The number of ketones is 1. The van der Waals surface area contributed by atoms with Gasteiger partial charge >= 0.3 is 0 Å². The van der Waals surface area contributed by atoms with Gasteiger partial charge in [0.1, 0.15) is 11.5 Å². The minimum absolute atomic E-state index is 0.0665. The molecule has 7 heteroatoms. The molecule has 0 amide bonds. The first-order chi connectivity index (χ1) is 15.2. The molecular formula is C24H27N3O3S. The molecule has 2 aromatic carbocycles. The average Bonchev–Trinajstić information content (AvgIpc) is 3.27. The first kappa shape index (κ1) is 21.4. The van der Waals surface area contributed by atoms with Gasteiger partial charge in [0.2, 0.25) is 0 Å². The van der Waals surface area contributed by atoms with Crippen LogP contribution in [-0.2, 0) is 0 Å². The van der Waals surface area contributed by atoms with Crippen LogP contribution in [0.4, 0.5) is 0 Å². The summed E-state index contributed by atoms with van der Waals surface area (Å²) in [5.74, 6) is 2.79. The Morgan fingerprint density at radius 2 is 1.55 bits per heavy atom. The fraction of sp³-hybridized carbons (Fsp3) is 0.375. The van der Waals surface area contributed by atoms with E-state index in [9.17, 15) is 4.79 Å². The van der Waals surface area contributed by atoms with Gasteiger partial charge in [-0.1, -0.05) is 31.0 Å². The Hall–Kier alpha value is -2.80. The Bertz CT molecular complexity index is 1010. The fourth-order valence-electron chi connectivity index (χ4n) is 3.97. The average molecular weight is 438 g/mol. The first-order valence-electron chi connectivity index (χ1n) is 10.6. The molecule has 0 spiro atoms. The molecule has 0 N–H and O–H groups in total. The van der Waals surface area contributed by atoms with E-state index < -0.39 is 0 Å². The van der Waals surface area contributed by atoms with Crippen LogP contribution in [0.5, 0.6) is 11.5 Å². The van der Waals surface area contributed by atoms with E-state index in [4.69, 9.17) is 9.47 Å². The maximum atomic E-state index is 12.7. The number of aromatic nitrogens is 3. The second kappa shape index (κ2) is 10.0. The molecule has 1 heterocycles. The lowest BCUT2D eigenvalue weighted by Crippen LogP contribution is -2.15. The summed E-state index contributed by atoms with van der Waals surface area (Å²) in [4.78, 5) is 12.7. The van der Waals surface area contributed by atoms with Crippen molar-refractivity contribution >= 4 is 17.5 Å². The van der Waals surface area contributed by atoms with Crippen molar-refractivity contribution in [3.8, 4) is 22.9 Å². The van der Waals surface area contributed by atoms with Gasteiger partial charge in [0, 0.05) is 17.2 Å². The minimum Gasteiger partial charge on any atom is -0.497 e. The van der Waals surface area contributed by atoms with Crippen molar-refractivity contribution in [2.45, 2.75) is 43.3 Å². The summed E-state index contributed by atoms with van der Waals surface area (Å²) < 4.78 is 12.7. The fourth-order valence-corrected chi connectivity index (χ4v) is 4.87. The number of carbonyl (C=O) groups excluding carboxylic acids is 1. The molecule has 0 unspecified atom stereocenters. The molecule has 31 heavy (non-hydrogen) atoms. The lowest BCUT2D eigenvalue weighted by molar-refractivity contribution is 0.102. The predicted molar refractivity (Wildman–Crippen MR) is 122 cm³/mol. The number of benzene rings is 2. The molecule has 1 aliphatic rings. The molecule has 1 aromatic heterocycles. The second-order valence-electron chi connectivity index (χ2n) is 7.64. The summed E-state index contributed by atoms with van der Waals surface area (Å²) in [5, 5.41) is 9.79. The van der Waals surface area contributed by atoms with E-state index in [2.05, 4.69) is 14.8 Å². The molecule has 0 bridgehead atoms. The number of hydrogen-bond acceptors (Lipinski definition) is 6. The van der Waals surface area contributed by atoms with Crippen LogP contribution in [0, 0.1) is 0 Å². The zero-order valence-corrected chi connectivity index (χ0v) is 18.7.